The maximum Gasteiger partial charge on any atom is 0.330 e. The normalized spacial score (nSPS) is 15.9. The molecule has 10 nitrogen and oxygen atoms in total. The van der Waals surface area contributed by atoms with E-state index in [0.29, 0.717) is 23.4 Å². The van der Waals surface area contributed by atoms with Gasteiger partial charge in [-0.05, 0) is 18.4 Å². The van der Waals surface area contributed by atoms with Gasteiger partial charge in [-0.1, -0.05) is 29.9 Å². The average Bonchev–Trinajstić information content (AvgIpc) is 3.39. The Morgan fingerprint density at radius 3 is 2.70 bits per heavy atom. The predicted octanol–water partition coefficient (Wildman–Crippen LogP) is 2.47. The van der Waals surface area contributed by atoms with E-state index in [2.05, 4.69) is 33.8 Å². The summed E-state index contributed by atoms with van der Waals surface area (Å²) in [5, 5.41) is 7.99. The second-order valence-corrected chi connectivity index (χ2v) is 6.64. The van der Waals surface area contributed by atoms with Crippen molar-refractivity contribution in [2.75, 3.05) is 13.2 Å². The quantitative estimate of drug-likeness (QED) is 0.342. The van der Waals surface area contributed by atoms with E-state index in [1.54, 1.807) is 6.92 Å². The van der Waals surface area contributed by atoms with Crippen molar-refractivity contribution in [3.63, 3.8) is 0 Å². The molecule has 2 aromatic heterocycles. The molecule has 0 aliphatic heterocycles. The summed E-state index contributed by atoms with van der Waals surface area (Å²) in [6, 6.07) is 0. The van der Waals surface area contributed by atoms with Gasteiger partial charge in [-0.15, -0.1) is 0 Å². The van der Waals surface area contributed by atoms with Crippen molar-refractivity contribution >= 4 is 23.1 Å². The Kier molecular flexibility index (Phi) is 6.89. The van der Waals surface area contributed by atoms with Crippen LogP contribution in [-0.2, 0) is 25.5 Å². The lowest BCUT2D eigenvalue weighted by Gasteiger charge is -2.16. The second kappa shape index (κ2) is 9.77. The smallest absolute Gasteiger partial charge is 0.330 e. The lowest BCUT2D eigenvalue weighted by Crippen LogP contribution is -2.13. The van der Waals surface area contributed by atoms with E-state index in [1.807, 2.05) is 12.2 Å². The van der Waals surface area contributed by atoms with Gasteiger partial charge in [-0.25, -0.2) is 4.79 Å². The van der Waals surface area contributed by atoms with E-state index in [1.165, 1.54) is 0 Å². The first-order valence-corrected chi connectivity index (χ1v) is 9.46. The number of esters is 2. The van der Waals surface area contributed by atoms with Crippen LogP contribution in [0, 0.1) is 12.8 Å². The summed E-state index contributed by atoms with van der Waals surface area (Å²) >= 11 is 0. The maximum absolute atomic E-state index is 11.8. The largest absolute Gasteiger partial charge is 0.462 e. The standard InChI is InChI=1S/C20H22N4O6/c1-4-17(25)27-9-10-28-18(26)8-7-16-22-20(24-30-16)15-11-14(6-5-12(15)2)19-21-13(3)29-23-19/h4,6,11-12H,1,5,7-10H2,2-3H3. The number of ether oxygens (including phenoxy) is 2. The fourth-order valence-electron chi connectivity index (χ4n) is 2.77. The molecule has 10 heteroatoms. The number of allylic oxidation sites excluding steroid dienone is 4. The molecule has 1 unspecified atom stereocenters. The van der Waals surface area contributed by atoms with E-state index in [9.17, 15) is 9.59 Å². The van der Waals surface area contributed by atoms with Crippen molar-refractivity contribution in [2.24, 2.45) is 5.92 Å². The number of nitrogens with zero attached hydrogens (tertiary/aromatic N) is 4. The molecule has 2 heterocycles. The highest BCUT2D eigenvalue weighted by Gasteiger charge is 2.22. The van der Waals surface area contributed by atoms with Crippen LogP contribution in [0.4, 0.5) is 0 Å². The van der Waals surface area contributed by atoms with E-state index in [0.717, 1.165) is 23.6 Å². The summed E-state index contributed by atoms with van der Waals surface area (Å²) in [5.41, 5.74) is 1.74. The molecule has 0 amide bonds. The Bertz CT molecular complexity index is 987. The van der Waals surface area contributed by atoms with E-state index in [-0.39, 0.29) is 32.0 Å². The van der Waals surface area contributed by atoms with Crippen molar-refractivity contribution in [3.05, 3.63) is 48.2 Å². The molecule has 1 aliphatic carbocycles. The molecule has 3 rings (SSSR count). The Balaban J connectivity index is 1.54. The minimum Gasteiger partial charge on any atom is -0.462 e. The third-order valence-electron chi connectivity index (χ3n) is 4.35. The van der Waals surface area contributed by atoms with Gasteiger partial charge in [0.05, 0.1) is 6.42 Å². The molecule has 0 N–H and O–H groups in total. The van der Waals surface area contributed by atoms with Crippen LogP contribution in [0.25, 0.3) is 11.1 Å². The van der Waals surface area contributed by atoms with Crippen molar-refractivity contribution < 1.29 is 28.1 Å². The monoisotopic (exact) mass is 414 g/mol. The predicted molar refractivity (Wildman–Crippen MR) is 104 cm³/mol. The molecular formula is C20H22N4O6. The average molecular weight is 414 g/mol. The van der Waals surface area contributed by atoms with E-state index < -0.39 is 11.9 Å². The summed E-state index contributed by atoms with van der Waals surface area (Å²) in [5.74, 6) is 0.979. The number of hydrogen-bond donors (Lipinski definition) is 0. The van der Waals surface area contributed by atoms with Crippen LogP contribution in [0.1, 0.15) is 43.2 Å². The fourth-order valence-corrected chi connectivity index (χ4v) is 2.77. The third-order valence-corrected chi connectivity index (χ3v) is 4.35. The molecule has 0 aromatic carbocycles. The topological polar surface area (TPSA) is 130 Å². The first-order chi connectivity index (χ1) is 14.5. The zero-order valence-corrected chi connectivity index (χ0v) is 16.8. The molecule has 1 atom stereocenters. The maximum atomic E-state index is 11.8. The van der Waals surface area contributed by atoms with Gasteiger partial charge >= 0.3 is 11.9 Å². The summed E-state index contributed by atoms with van der Waals surface area (Å²) < 4.78 is 20.0. The minimum atomic E-state index is -0.567. The van der Waals surface area contributed by atoms with Crippen LogP contribution >= 0.6 is 0 Å². The number of aromatic nitrogens is 4. The highest BCUT2D eigenvalue weighted by Crippen LogP contribution is 2.33. The van der Waals surface area contributed by atoms with Crippen LogP contribution in [0.5, 0.6) is 0 Å². The summed E-state index contributed by atoms with van der Waals surface area (Å²) in [6.07, 6.45) is 6.10. The van der Waals surface area contributed by atoms with Crippen molar-refractivity contribution in [2.45, 2.75) is 33.1 Å². The molecule has 30 heavy (non-hydrogen) atoms. The molecule has 0 bridgehead atoms. The molecule has 0 saturated carbocycles. The Hall–Kier alpha value is -3.56. The number of carbonyl (C=O) groups is 2. The zero-order valence-electron chi connectivity index (χ0n) is 16.8. The van der Waals surface area contributed by atoms with Crippen LogP contribution in [0.2, 0.25) is 0 Å². The summed E-state index contributed by atoms with van der Waals surface area (Å²) in [7, 11) is 0. The van der Waals surface area contributed by atoms with Crippen molar-refractivity contribution in [1.82, 2.24) is 20.3 Å². The number of rotatable bonds is 9. The molecule has 158 valence electrons. The van der Waals surface area contributed by atoms with Crippen LogP contribution in [0.15, 0.2) is 33.9 Å². The first kappa shape index (κ1) is 21.2. The number of carbonyl (C=O) groups excluding carboxylic acids is 2. The Morgan fingerprint density at radius 1 is 1.20 bits per heavy atom. The van der Waals surface area contributed by atoms with Crippen LogP contribution in [-0.4, -0.2) is 45.4 Å². The van der Waals surface area contributed by atoms with Gasteiger partial charge in [-0.2, -0.15) is 9.97 Å². The van der Waals surface area contributed by atoms with Gasteiger partial charge in [0.25, 0.3) is 0 Å². The van der Waals surface area contributed by atoms with E-state index in [4.69, 9.17) is 18.5 Å². The van der Waals surface area contributed by atoms with Crippen LogP contribution in [0.3, 0.4) is 0 Å². The lowest BCUT2D eigenvalue weighted by molar-refractivity contribution is -0.149. The fraction of sp³-hybridized carbons (Fsp3) is 0.400. The van der Waals surface area contributed by atoms with Crippen LogP contribution < -0.4 is 0 Å². The van der Waals surface area contributed by atoms with Gasteiger partial charge in [0.1, 0.15) is 13.2 Å². The van der Waals surface area contributed by atoms with Gasteiger partial charge in [0.15, 0.2) is 5.82 Å². The van der Waals surface area contributed by atoms with Gasteiger partial charge in [-0.3, -0.25) is 4.79 Å². The molecule has 2 aromatic rings. The lowest BCUT2D eigenvalue weighted by atomic mass is 9.89. The summed E-state index contributed by atoms with van der Waals surface area (Å²) in [6.45, 7) is 7.02. The Labute approximate surface area is 172 Å². The highest BCUT2D eigenvalue weighted by atomic mass is 16.6. The molecule has 0 spiro atoms. The highest BCUT2D eigenvalue weighted by molar-refractivity contribution is 5.82. The van der Waals surface area contributed by atoms with E-state index >= 15 is 0 Å². The third kappa shape index (κ3) is 5.49. The molecular weight excluding hydrogens is 392 g/mol. The van der Waals surface area contributed by atoms with Crippen molar-refractivity contribution in [3.8, 4) is 0 Å². The number of hydrogen-bond acceptors (Lipinski definition) is 10. The molecule has 0 fully saturated rings. The first-order valence-electron chi connectivity index (χ1n) is 9.46. The van der Waals surface area contributed by atoms with Crippen molar-refractivity contribution in [1.29, 1.82) is 0 Å². The van der Waals surface area contributed by atoms with Gasteiger partial charge in [0, 0.05) is 30.6 Å². The number of aryl methyl sites for hydroxylation is 2. The van der Waals surface area contributed by atoms with Gasteiger partial charge in [0.2, 0.25) is 17.6 Å². The minimum absolute atomic E-state index is 0.0247. The summed E-state index contributed by atoms with van der Waals surface area (Å²) in [4.78, 5) is 31.3. The molecule has 0 radical (unpaired) electrons. The SMILES string of the molecule is C=CC(=O)OCCOC(=O)CCc1nc(C2=CC(c3noc(C)n3)=CCC2C)no1. The van der Waals surface area contributed by atoms with Gasteiger partial charge < -0.3 is 18.5 Å². The zero-order chi connectivity index (χ0) is 21.5. The second-order valence-electron chi connectivity index (χ2n) is 6.64. The molecule has 0 saturated heterocycles. The Morgan fingerprint density at radius 2 is 1.97 bits per heavy atom. The molecule has 1 aliphatic rings.